The largest absolute Gasteiger partial charge is 0.479 e. The van der Waals surface area contributed by atoms with E-state index < -0.39 is 0 Å². The topological polar surface area (TPSA) is 21.6 Å². The molecule has 0 saturated heterocycles. The third-order valence-corrected chi connectivity index (χ3v) is 4.30. The molecule has 0 aromatic heterocycles. The Balaban J connectivity index is 1.72. The monoisotopic (exact) mass is 307 g/mol. The van der Waals surface area contributed by atoms with E-state index in [0.717, 1.165) is 25.5 Å². The molecule has 0 bridgehead atoms. The maximum Gasteiger partial charge on any atom is 0.183 e. The highest BCUT2D eigenvalue weighted by Crippen LogP contribution is 2.11. The van der Waals surface area contributed by atoms with Crippen molar-refractivity contribution in [2.75, 3.05) is 13.2 Å². The van der Waals surface area contributed by atoms with Gasteiger partial charge in [-0.2, -0.15) is 0 Å². The van der Waals surface area contributed by atoms with Gasteiger partial charge < -0.3 is 4.74 Å². The zero-order valence-electron chi connectivity index (χ0n) is 14.8. The van der Waals surface area contributed by atoms with Crippen molar-refractivity contribution in [2.45, 2.75) is 96.8 Å². The molecular formula is C20H37NO. The van der Waals surface area contributed by atoms with E-state index in [-0.39, 0.29) is 0 Å². The van der Waals surface area contributed by atoms with Crippen LogP contribution in [0.5, 0.6) is 0 Å². The van der Waals surface area contributed by atoms with Crippen LogP contribution in [0.25, 0.3) is 0 Å². The number of ether oxygens (including phenoxy) is 1. The third kappa shape index (κ3) is 11.8. The van der Waals surface area contributed by atoms with Crippen LogP contribution in [0, 0.1) is 0 Å². The molecule has 0 aliphatic carbocycles. The summed E-state index contributed by atoms with van der Waals surface area (Å²) in [6, 6.07) is 0. The average molecular weight is 308 g/mol. The summed E-state index contributed by atoms with van der Waals surface area (Å²) in [6.45, 7) is 3.96. The van der Waals surface area contributed by atoms with Crippen LogP contribution in [-0.2, 0) is 4.74 Å². The second-order valence-electron chi connectivity index (χ2n) is 6.46. The van der Waals surface area contributed by atoms with Crippen LogP contribution in [0.2, 0.25) is 0 Å². The van der Waals surface area contributed by atoms with Gasteiger partial charge in [-0.3, -0.25) is 4.99 Å². The molecule has 0 atom stereocenters. The smallest absolute Gasteiger partial charge is 0.183 e. The van der Waals surface area contributed by atoms with Gasteiger partial charge in [0.25, 0.3) is 0 Å². The number of aliphatic imine (C=N–C) groups is 1. The molecule has 0 N–H and O–H groups in total. The number of nitrogens with zero attached hydrogens (tertiary/aromatic N) is 1. The van der Waals surface area contributed by atoms with Crippen LogP contribution >= 0.6 is 0 Å². The minimum Gasteiger partial charge on any atom is -0.479 e. The summed E-state index contributed by atoms with van der Waals surface area (Å²) in [5.74, 6) is 0.998. The molecule has 1 aliphatic rings. The van der Waals surface area contributed by atoms with Gasteiger partial charge in [-0.1, -0.05) is 70.4 Å². The van der Waals surface area contributed by atoms with E-state index in [0.29, 0.717) is 0 Å². The van der Waals surface area contributed by atoms with Crippen molar-refractivity contribution in [2.24, 2.45) is 4.99 Å². The Morgan fingerprint density at radius 2 is 1.41 bits per heavy atom. The third-order valence-electron chi connectivity index (χ3n) is 4.30. The standard InChI is InChI=1S/C20H37NO/c1-2-3-4-5-6-7-8-9-10-11-12-13-14-15-16-17-20-21-18-19-22-20/h9-10H,2-8,11-19H2,1H3/b10-9-. The summed E-state index contributed by atoms with van der Waals surface area (Å²) in [5.41, 5.74) is 0. The fourth-order valence-electron chi connectivity index (χ4n) is 2.88. The summed E-state index contributed by atoms with van der Waals surface area (Å²) in [5, 5.41) is 0. The summed E-state index contributed by atoms with van der Waals surface area (Å²) < 4.78 is 5.41. The summed E-state index contributed by atoms with van der Waals surface area (Å²) in [7, 11) is 0. The van der Waals surface area contributed by atoms with Crippen LogP contribution in [0.15, 0.2) is 17.1 Å². The first-order valence-electron chi connectivity index (χ1n) is 9.74. The van der Waals surface area contributed by atoms with Crippen LogP contribution in [-0.4, -0.2) is 19.0 Å². The van der Waals surface area contributed by atoms with Gasteiger partial charge in [0, 0.05) is 6.42 Å². The predicted octanol–water partition coefficient (Wildman–Crippen LogP) is 6.45. The number of allylic oxidation sites excluding steroid dienone is 2. The Morgan fingerprint density at radius 3 is 2.00 bits per heavy atom. The normalized spacial score (nSPS) is 14.5. The molecule has 0 aromatic carbocycles. The van der Waals surface area contributed by atoms with Crippen molar-refractivity contribution >= 4 is 5.90 Å². The van der Waals surface area contributed by atoms with Crippen LogP contribution in [0.4, 0.5) is 0 Å². The first kappa shape index (κ1) is 19.3. The minimum absolute atomic E-state index is 0.806. The van der Waals surface area contributed by atoms with E-state index in [2.05, 4.69) is 24.1 Å². The molecule has 2 nitrogen and oxygen atoms in total. The first-order chi connectivity index (χ1) is 10.9. The molecule has 1 heterocycles. The second-order valence-corrected chi connectivity index (χ2v) is 6.46. The van der Waals surface area contributed by atoms with E-state index in [4.69, 9.17) is 4.74 Å². The Labute approximate surface area is 138 Å². The Hall–Kier alpha value is -0.790. The molecule has 1 aliphatic heterocycles. The van der Waals surface area contributed by atoms with Crippen molar-refractivity contribution in [1.82, 2.24) is 0 Å². The first-order valence-corrected chi connectivity index (χ1v) is 9.74. The van der Waals surface area contributed by atoms with Gasteiger partial charge in [0.1, 0.15) is 6.61 Å². The molecule has 0 unspecified atom stereocenters. The number of unbranched alkanes of at least 4 members (excludes halogenated alkanes) is 11. The summed E-state index contributed by atoms with van der Waals surface area (Å²) >= 11 is 0. The summed E-state index contributed by atoms with van der Waals surface area (Å²) in [4.78, 5) is 4.32. The lowest BCUT2D eigenvalue weighted by atomic mass is 10.1. The summed E-state index contributed by atoms with van der Waals surface area (Å²) in [6.07, 6.45) is 23.5. The molecule has 0 radical (unpaired) electrons. The Bertz CT molecular complexity index is 296. The fourth-order valence-corrected chi connectivity index (χ4v) is 2.88. The van der Waals surface area contributed by atoms with Gasteiger partial charge in [-0.05, 0) is 32.1 Å². The number of rotatable bonds is 15. The maximum absolute atomic E-state index is 5.41. The van der Waals surface area contributed by atoms with E-state index in [1.807, 2.05) is 0 Å². The fraction of sp³-hybridized carbons (Fsp3) is 0.850. The maximum atomic E-state index is 5.41. The van der Waals surface area contributed by atoms with Crippen molar-refractivity contribution in [3.63, 3.8) is 0 Å². The molecule has 0 saturated carbocycles. The van der Waals surface area contributed by atoms with Gasteiger partial charge in [0.15, 0.2) is 5.90 Å². The molecule has 1 rings (SSSR count). The van der Waals surface area contributed by atoms with E-state index >= 15 is 0 Å². The molecule has 0 aromatic rings. The van der Waals surface area contributed by atoms with Gasteiger partial charge in [0.2, 0.25) is 0 Å². The molecule has 0 fully saturated rings. The minimum atomic E-state index is 0.806. The highest BCUT2D eigenvalue weighted by atomic mass is 16.5. The van der Waals surface area contributed by atoms with Gasteiger partial charge in [-0.15, -0.1) is 0 Å². The van der Waals surface area contributed by atoms with E-state index in [1.165, 1.54) is 83.5 Å². The lowest BCUT2D eigenvalue weighted by Gasteiger charge is -2.01. The van der Waals surface area contributed by atoms with Crippen molar-refractivity contribution in [1.29, 1.82) is 0 Å². The molecule has 22 heavy (non-hydrogen) atoms. The molecule has 0 spiro atoms. The highest BCUT2D eigenvalue weighted by molar-refractivity contribution is 5.77. The van der Waals surface area contributed by atoms with Crippen LogP contribution in [0.3, 0.4) is 0 Å². The lowest BCUT2D eigenvalue weighted by Crippen LogP contribution is -1.98. The predicted molar refractivity (Wildman–Crippen MR) is 97.7 cm³/mol. The van der Waals surface area contributed by atoms with Gasteiger partial charge in [-0.25, -0.2) is 0 Å². The average Bonchev–Trinajstić information content (AvgIpc) is 3.04. The zero-order chi connectivity index (χ0) is 15.7. The zero-order valence-corrected chi connectivity index (χ0v) is 14.8. The van der Waals surface area contributed by atoms with Crippen molar-refractivity contribution in [3.05, 3.63) is 12.2 Å². The Kier molecular flexibility index (Phi) is 13.2. The number of hydrogen-bond donors (Lipinski definition) is 0. The lowest BCUT2D eigenvalue weighted by molar-refractivity contribution is 0.336. The van der Waals surface area contributed by atoms with Gasteiger partial charge >= 0.3 is 0 Å². The second kappa shape index (κ2) is 15.1. The SMILES string of the molecule is CCCCCCCC/C=C\CCCCCCCC1=NCCO1. The van der Waals surface area contributed by atoms with Crippen LogP contribution in [0.1, 0.15) is 96.8 Å². The van der Waals surface area contributed by atoms with E-state index in [9.17, 15) is 0 Å². The number of hydrogen-bond acceptors (Lipinski definition) is 2. The highest BCUT2D eigenvalue weighted by Gasteiger charge is 2.05. The van der Waals surface area contributed by atoms with Crippen molar-refractivity contribution < 1.29 is 4.74 Å². The van der Waals surface area contributed by atoms with Crippen LogP contribution < -0.4 is 0 Å². The molecule has 0 amide bonds. The Morgan fingerprint density at radius 1 is 0.818 bits per heavy atom. The quantitative estimate of drug-likeness (QED) is 0.251. The van der Waals surface area contributed by atoms with Crippen molar-refractivity contribution in [3.8, 4) is 0 Å². The van der Waals surface area contributed by atoms with Gasteiger partial charge in [0.05, 0.1) is 6.54 Å². The van der Waals surface area contributed by atoms with E-state index in [1.54, 1.807) is 0 Å². The molecular weight excluding hydrogens is 270 g/mol. The molecule has 2 heteroatoms. The molecule has 128 valence electrons.